The summed E-state index contributed by atoms with van der Waals surface area (Å²) in [6.45, 7) is -0.146. The van der Waals surface area contributed by atoms with Gasteiger partial charge in [-0.1, -0.05) is 18.2 Å². The van der Waals surface area contributed by atoms with Crippen LogP contribution in [0.15, 0.2) is 30.4 Å². The third-order valence-electron chi connectivity index (χ3n) is 6.74. The fourth-order valence-corrected chi connectivity index (χ4v) is 4.79. The number of ether oxygens (including phenoxy) is 5. The average molecular weight is 468 g/mol. The lowest BCUT2D eigenvalue weighted by Gasteiger charge is -2.40. The molecule has 1 fully saturated rings. The lowest BCUT2D eigenvalue weighted by Crippen LogP contribution is -2.60. The second-order valence-corrected chi connectivity index (χ2v) is 8.71. The molecule has 1 aromatic rings. The van der Waals surface area contributed by atoms with Crippen molar-refractivity contribution >= 4 is 0 Å². The predicted octanol–water partition coefficient (Wildman–Crippen LogP) is -1.01. The van der Waals surface area contributed by atoms with Crippen molar-refractivity contribution in [3.05, 3.63) is 35.9 Å². The van der Waals surface area contributed by atoms with Crippen LogP contribution in [0.5, 0.6) is 11.5 Å². The minimum Gasteiger partial charge on any atom is -0.493 e. The van der Waals surface area contributed by atoms with Gasteiger partial charge in [-0.3, -0.25) is 0 Å². The van der Waals surface area contributed by atoms with Crippen molar-refractivity contribution in [3.8, 4) is 11.5 Å². The molecule has 33 heavy (non-hydrogen) atoms. The Kier molecular flexibility index (Phi) is 7.56. The predicted molar refractivity (Wildman–Crippen MR) is 114 cm³/mol. The highest BCUT2D eigenvalue weighted by molar-refractivity contribution is 5.42. The van der Waals surface area contributed by atoms with Gasteiger partial charge in [-0.25, -0.2) is 0 Å². The number of aliphatic hydroxyl groups excluding tert-OH is 5. The van der Waals surface area contributed by atoms with Gasteiger partial charge >= 0.3 is 0 Å². The average Bonchev–Trinajstić information content (AvgIpc) is 2.83. The van der Waals surface area contributed by atoms with Crippen LogP contribution in [0.4, 0.5) is 0 Å². The molecule has 0 unspecified atom stereocenters. The number of hydrogen-bond donors (Lipinski definition) is 5. The second kappa shape index (κ2) is 10.2. The van der Waals surface area contributed by atoms with E-state index in [0.717, 1.165) is 5.56 Å². The van der Waals surface area contributed by atoms with Crippen molar-refractivity contribution in [1.29, 1.82) is 0 Å². The minimum absolute atomic E-state index is 0.0384. The van der Waals surface area contributed by atoms with Gasteiger partial charge in [-0.15, -0.1) is 0 Å². The number of methoxy groups -OCH3 is 2. The standard InChI is InChI=1S/C23H32O10/c1-29-15-6-5-14(18(25)22(15)30-2)12-7-11-3-4-13(8-16(11)31-10-12)32-23-21(28)20(27)19(26)17(9-24)33-23/h3-6,8,12,14-15,17-28H,7,9-10H2,1-2H3/t12-,14+,15-,17-,18+,19-,20+,21-,22+,23-/m1/s1. The van der Waals surface area contributed by atoms with Gasteiger partial charge in [0.1, 0.15) is 48.1 Å². The third-order valence-corrected chi connectivity index (χ3v) is 6.74. The van der Waals surface area contributed by atoms with Crippen molar-refractivity contribution < 1.29 is 49.2 Å². The summed E-state index contributed by atoms with van der Waals surface area (Å²) in [4.78, 5) is 0. The van der Waals surface area contributed by atoms with Crippen molar-refractivity contribution in [2.24, 2.45) is 11.8 Å². The monoisotopic (exact) mass is 468 g/mol. The summed E-state index contributed by atoms with van der Waals surface area (Å²) in [5.41, 5.74) is 0.941. The highest BCUT2D eigenvalue weighted by Gasteiger charge is 2.45. The molecule has 5 N–H and O–H groups in total. The number of benzene rings is 1. The van der Waals surface area contributed by atoms with Crippen LogP contribution in [0.25, 0.3) is 0 Å². The SMILES string of the molecule is CO[C@@H]1[C@@H](O)[C@H]([C@H]2COc3cc(O[C@@H]4O[C@H](CO)[C@@H](O)[C@H](O)[C@H]4O)ccc3C2)C=C[C@H]1OC. The Hall–Kier alpha value is -1.76. The Morgan fingerprint density at radius 2 is 1.76 bits per heavy atom. The maximum atomic E-state index is 10.8. The minimum atomic E-state index is -1.51. The molecule has 1 saturated heterocycles. The second-order valence-electron chi connectivity index (χ2n) is 8.71. The summed E-state index contributed by atoms with van der Waals surface area (Å²) < 4.78 is 27.9. The van der Waals surface area contributed by atoms with Crippen LogP contribution in [0.1, 0.15) is 5.56 Å². The number of aliphatic hydroxyl groups is 5. The fraction of sp³-hybridized carbons (Fsp3) is 0.652. The summed E-state index contributed by atoms with van der Waals surface area (Å²) >= 11 is 0. The van der Waals surface area contributed by atoms with Gasteiger partial charge in [0.05, 0.1) is 19.3 Å². The third kappa shape index (κ3) is 4.75. The molecule has 0 spiro atoms. The normalized spacial score (nSPS) is 40.7. The molecule has 2 aliphatic heterocycles. The maximum Gasteiger partial charge on any atom is 0.229 e. The van der Waals surface area contributed by atoms with E-state index < -0.39 is 49.5 Å². The smallest absolute Gasteiger partial charge is 0.229 e. The van der Waals surface area contributed by atoms with Crippen LogP contribution in [0, 0.1) is 11.8 Å². The molecule has 10 heteroatoms. The Balaban J connectivity index is 1.44. The largest absolute Gasteiger partial charge is 0.493 e. The first-order chi connectivity index (χ1) is 15.9. The summed E-state index contributed by atoms with van der Waals surface area (Å²) in [6.07, 6.45) is -3.71. The van der Waals surface area contributed by atoms with E-state index in [0.29, 0.717) is 24.5 Å². The molecule has 0 saturated carbocycles. The van der Waals surface area contributed by atoms with E-state index in [9.17, 15) is 25.5 Å². The van der Waals surface area contributed by atoms with Crippen LogP contribution in [0.2, 0.25) is 0 Å². The van der Waals surface area contributed by atoms with Crippen LogP contribution < -0.4 is 9.47 Å². The van der Waals surface area contributed by atoms with Gasteiger partial charge in [-0.2, -0.15) is 0 Å². The lowest BCUT2D eigenvalue weighted by atomic mass is 9.76. The van der Waals surface area contributed by atoms with Gasteiger partial charge in [-0.05, 0) is 18.1 Å². The van der Waals surface area contributed by atoms with Crippen molar-refractivity contribution in [3.63, 3.8) is 0 Å². The topological polar surface area (TPSA) is 147 Å². The molecule has 0 bridgehead atoms. The van der Waals surface area contributed by atoms with Crippen molar-refractivity contribution in [1.82, 2.24) is 0 Å². The van der Waals surface area contributed by atoms with Crippen LogP contribution >= 0.6 is 0 Å². The van der Waals surface area contributed by atoms with Crippen LogP contribution in [-0.2, 0) is 20.6 Å². The summed E-state index contributed by atoms with van der Waals surface area (Å²) in [5, 5.41) is 50.2. The molecule has 1 aliphatic carbocycles. The van der Waals surface area contributed by atoms with Gasteiger partial charge < -0.3 is 49.2 Å². The lowest BCUT2D eigenvalue weighted by molar-refractivity contribution is -0.277. The van der Waals surface area contributed by atoms with E-state index in [1.165, 1.54) is 0 Å². The highest BCUT2D eigenvalue weighted by atomic mass is 16.7. The van der Waals surface area contributed by atoms with Gasteiger partial charge in [0.25, 0.3) is 0 Å². The Bertz CT molecular complexity index is 829. The molecule has 0 radical (unpaired) electrons. The Morgan fingerprint density at radius 1 is 0.970 bits per heavy atom. The van der Waals surface area contributed by atoms with Crippen LogP contribution in [-0.4, -0.2) is 102 Å². The Labute approximate surface area is 191 Å². The highest BCUT2D eigenvalue weighted by Crippen LogP contribution is 2.38. The quantitative estimate of drug-likeness (QED) is 0.329. The first-order valence-corrected chi connectivity index (χ1v) is 11.0. The number of hydrogen-bond acceptors (Lipinski definition) is 10. The van der Waals surface area contributed by atoms with E-state index in [1.54, 1.807) is 26.4 Å². The molecule has 184 valence electrons. The van der Waals surface area contributed by atoms with Gasteiger partial charge in [0.2, 0.25) is 6.29 Å². The van der Waals surface area contributed by atoms with E-state index >= 15 is 0 Å². The molecule has 2 heterocycles. The van der Waals surface area contributed by atoms with E-state index in [1.807, 2.05) is 18.2 Å². The molecule has 4 rings (SSSR count). The molecule has 0 aromatic heterocycles. The van der Waals surface area contributed by atoms with E-state index in [4.69, 9.17) is 23.7 Å². The fourth-order valence-electron chi connectivity index (χ4n) is 4.79. The zero-order valence-corrected chi connectivity index (χ0v) is 18.6. The molecule has 10 nitrogen and oxygen atoms in total. The maximum absolute atomic E-state index is 10.8. The molecular formula is C23H32O10. The molecular weight excluding hydrogens is 436 g/mol. The molecule has 10 atom stereocenters. The van der Waals surface area contributed by atoms with Gasteiger partial charge in [0, 0.05) is 32.1 Å². The van der Waals surface area contributed by atoms with Gasteiger partial charge in [0.15, 0.2) is 0 Å². The first kappa shape index (κ1) is 24.4. The van der Waals surface area contributed by atoms with Crippen LogP contribution in [0.3, 0.4) is 0 Å². The molecule has 0 amide bonds. The van der Waals surface area contributed by atoms with Crippen molar-refractivity contribution in [2.45, 2.75) is 55.4 Å². The van der Waals surface area contributed by atoms with E-state index in [2.05, 4.69) is 0 Å². The first-order valence-electron chi connectivity index (χ1n) is 11.0. The molecule has 3 aliphatic rings. The molecule has 1 aromatic carbocycles. The summed E-state index contributed by atoms with van der Waals surface area (Å²) in [7, 11) is 3.14. The Morgan fingerprint density at radius 3 is 2.45 bits per heavy atom. The summed E-state index contributed by atoms with van der Waals surface area (Å²) in [5.74, 6) is 0.841. The number of rotatable bonds is 6. The zero-order chi connectivity index (χ0) is 23.7. The zero-order valence-electron chi connectivity index (χ0n) is 18.6. The summed E-state index contributed by atoms with van der Waals surface area (Å²) in [6, 6.07) is 5.20. The van der Waals surface area contributed by atoms with E-state index in [-0.39, 0.29) is 17.9 Å². The van der Waals surface area contributed by atoms with Crippen molar-refractivity contribution in [2.75, 3.05) is 27.4 Å². The number of fused-ring (bicyclic) bond motifs is 1.